The summed E-state index contributed by atoms with van der Waals surface area (Å²) in [7, 11) is 0. The zero-order valence-corrected chi connectivity index (χ0v) is 9.34. The number of aliphatic hydroxyl groups is 1. The molecule has 2 heterocycles. The van der Waals surface area contributed by atoms with Crippen molar-refractivity contribution < 1.29 is 5.11 Å². The van der Waals surface area contributed by atoms with Crippen molar-refractivity contribution in [3.05, 3.63) is 5.82 Å². The maximum absolute atomic E-state index is 9.80. The first-order valence-electron chi connectivity index (χ1n) is 4.90. The normalized spacial score (nSPS) is 27.2. The lowest BCUT2D eigenvalue weighted by atomic mass is 10.1. The first kappa shape index (κ1) is 9.86. The third kappa shape index (κ3) is 1.88. The van der Waals surface area contributed by atoms with Gasteiger partial charge in [0.2, 0.25) is 5.13 Å². The molecule has 0 amide bonds. The van der Waals surface area contributed by atoms with E-state index in [0.29, 0.717) is 6.54 Å². The predicted molar refractivity (Wildman–Crippen MR) is 56.7 cm³/mol. The number of aromatic nitrogens is 2. The van der Waals surface area contributed by atoms with Crippen LogP contribution in [0.2, 0.25) is 0 Å². The zero-order valence-electron chi connectivity index (χ0n) is 8.53. The van der Waals surface area contributed by atoms with Crippen molar-refractivity contribution in [3.63, 3.8) is 0 Å². The first-order valence-corrected chi connectivity index (χ1v) is 5.68. The molecule has 0 aliphatic carbocycles. The van der Waals surface area contributed by atoms with E-state index >= 15 is 0 Å². The van der Waals surface area contributed by atoms with Crippen molar-refractivity contribution in [1.82, 2.24) is 9.36 Å². The zero-order chi connectivity index (χ0) is 10.2. The summed E-state index contributed by atoms with van der Waals surface area (Å²) in [6.07, 6.45) is 1.69. The highest BCUT2D eigenvalue weighted by atomic mass is 32.1. The topological polar surface area (TPSA) is 49.2 Å². The van der Waals surface area contributed by atoms with E-state index in [2.05, 4.69) is 14.3 Å². The maximum Gasteiger partial charge on any atom is 0.205 e. The summed E-state index contributed by atoms with van der Waals surface area (Å²) < 4.78 is 4.23. The molecule has 1 fully saturated rings. The molecule has 1 unspecified atom stereocenters. The smallest absolute Gasteiger partial charge is 0.205 e. The van der Waals surface area contributed by atoms with Crippen molar-refractivity contribution in [1.29, 1.82) is 0 Å². The Morgan fingerprint density at radius 1 is 1.64 bits per heavy atom. The number of rotatable bonds is 2. The van der Waals surface area contributed by atoms with E-state index in [4.69, 9.17) is 0 Å². The summed E-state index contributed by atoms with van der Waals surface area (Å²) in [6.45, 7) is 5.47. The molecule has 0 bridgehead atoms. The van der Waals surface area contributed by atoms with Crippen LogP contribution in [-0.4, -0.2) is 33.2 Å². The molecule has 1 N–H and O–H groups in total. The van der Waals surface area contributed by atoms with Crippen LogP contribution >= 0.6 is 11.5 Å². The van der Waals surface area contributed by atoms with Crippen molar-refractivity contribution in [2.24, 2.45) is 0 Å². The lowest BCUT2D eigenvalue weighted by Crippen LogP contribution is -2.29. The molecule has 78 valence electrons. The van der Waals surface area contributed by atoms with Gasteiger partial charge in [-0.2, -0.15) is 4.37 Å². The van der Waals surface area contributed by atoms with Gasteiger partial charge in [-0.25, -0.2) is 4.98 Å². The van der Waals surface area contributed by atoms with E-state index in [9.17, 15) is 5.11 Å². The predicted octanol–water partition coefficient (Wildman–Crippen LogP) is 1.06. The van der Waals surface area contributed by atoms with Crippen LogP contribution in [0, 0.1) is 0 Å². The molecular weight excluding hydrogens is 198 g/mol. The Morgan fingerprint density at radius 2 is 2.43 bits per heavy atom. The minimum Gasteiger partial charge on any atom is -0.388 e. The van der Waals surface area contributed by atoms with Gasteiger partial charge in [-0.1, -0.05) is 6.92 Å². The third-order valence-corrected chi connectivity index (χ3v) is 3.31. The van der Waals surface area contributed by atoms with Gasteiger partial charge in [0.15, 0.2) is 0 Å². The highest BCUT2D eigenvalue weighted by Gasteiger charge is 2.32. The summed E-state index contributed by atoms with van der Waals surface area (Å²) in [6, 6.07) is 0. The molecule has 0 radical (unpaired) electrons. The Bertz CT molecular complexity index is 324. The average Bonchev–Trinajstić information content (AvgIpc) is 2.70. The fraction of sp³-hybridized carbons (Fsp3) is 0.778. The summed E-state index contributed by atoms with van der Waals surface area (Å²) in [5.74, 6) is 0.900. The molecule has 2 rings (SSSR count). The van der Waals surface area contributed by atoms with Gasteiger partial charge in [-0.3, -0.25) is 0 Å². The molecule has 1 atom stereocenters. The molecule has 1 aromatic rings. The quantitative estimate of drug-likeness (QED) is 0.798. The Morgan fingerprint density at radius 3 is 2.93 bits per heavy atom. The van der Waals surface area contributed by atoms with Crippen molar-refractivity contribution in [2.75, 3.05) is 18.0 Å². The molecule has 0 spiro atoms. The van der Waals surface area contributed by atoms with Crippen molar-refractivity contribution >= 4 is 16.7 Å². The van der Waals surface area contributed by atoms with E-state index in [1.807, 2.05) is 13.8 Å². The summed E-state index contributed by atoms with van der Waals surface area (Å²) >= 11 is 1.43. The molecule has 1 aromatic heterocycles. The molecule has 1 aliphatic rings. The molecule has 5 heteroatoms. The van der Waals surface area contributed by atoms with Gasteiger partial charge in [0.05, 0.1) is 5.60 Å². The molecule has 14 heavy (non-hydrogen) atoms. The second kappa shape index (κ2) is 3.47. The van der Waals surface area contributed by atoms with Crippen molar-refractivity contribution in [2.45, 2.75) is 32.3 Å². The Labute approximate surface area is 87.8 Å². The van der Waals surface area contributed by atoms with Gasteiger partial charge in [0.25, 0.3) is 0 Å². The van der Waals surface area contributed by atoms with Crippen LogP contribution in [0.1, 0.15) is 26.1 Å². The van der Waals surface area contributed by atoms with Crippen LogP contribution in [0.5, 0.6) is 0 Å². The van der Waals surface area contributed by atoms with Gasteiger partial charge in [0, 0.05) is 31.0 Å². The highest BCUT2D eigenvalue weighted by Crippen LogP contribution is 2.27. The average molecular weight is 213 g/mol. The second-order valence-electron chi connectivity index (χ2n) is 4.02. The third-order valence-electron chi connectivity index (χ3n) is 2.50. The number of β-amino-alcohol motifs (C(OH)–C–C–N with tert-alkyl or cyclic N) is 1. The van der Waals surface area contributed by atoms with Crippen LogP contribution in [0.4, 0.5) is 5.13 Å². The van der Waals surface area contributed by atoms with Crippen LogP contribution in [-0.2, 0) is 6.42 Å². The molecular formula is C9H15N3OS. The molecule has 4 nitrogen and oxygen atoms in total. The minimum atomic E-state index is -0.557. The summed E-state index contributed by atoms with van der Waals surface area (Å²) in [5.41, 5.74) is -0.557. The van der Waals surface area contributed by atoms with Crippen LogP contribution in [0.25, 0.3) is 0 Å². The van der Waals surface area contributed by atoms with E-state index in [-0.39, 0.29) is 0 Å². The standard InChI is InChI=1S/C9H15N3OS/c1-3-7-10-8(14-11-7)12-5-4-9(2,13)6-12/h13H,3-6H2,1-2H3. The number of hydrogen-bond acceptors (Lipinski definition) is 5. The summed E-state index contributed by atoms with van der Waals surface area (Å²) in [5, 5.41) is 10.7. The monoisotopic (exact) mass is 213 g/mol. The molecule has 0 aromatic carbocycles. The number of hydrogen-bond donors (Lipinski definition) is 1. The first-order chi connectivity index (χ1) is 6.61. The number of nitrogens with zero attached hydrogens (tertiary/aromatic N) is 3. The van der Waals surface area contributed by atoms with Gasteiger partial charge in [-0.15, -0.1) is 0 Å². The second-order valence-corrected chi connectivity index (χ2v) is 4.75. The van der Waals surface area contributed by atoms with Crippen LogP contribution < -0.4 is 4.90 Å². The Hall–Kier alpha value is -0.680. The number of anilines is 1. The molecule has 1 saturated heterocycles. The van der Waals surface area contributed by atoms with E-state index in [1.54, 1.807) is 0 Å². The van der Waals surface area contributed by atoms with E-state index < -0.39 is 5.60 Å². The van der Waals surface area contributed by atoms with Crippen LogP contribution in [0.3, 0.4) is 0 Å². The maximum atomic E-state index is 9.80. The van der Waals surface area contributed by atoms with Gasteiger partial charge in [-0.05, 0) is 13.3 Å². The van der Waals surface area contributed by atoms with Gasteiger partial charge in [0.1, 0.15) is 5.82 Å². The minimum absolute atomic E-state index is 0.557. The van der Waals surface area contributed by atoms with E-state index in [1.165, 1.54) is 11.5 Å². The summed E-state index contributed by atoms with van der Waals surface area (Å²) in [4.78, 5) is 6.51. The molecule has 1 aliphatic heterocycles. The number of aryl methyl sites for hydroxylation is 1. The van der Waals surface area contributed by atoms with E-state index in [0.717, 1.165) is 30.3 Å². The van der Waals surface area contributed by atoms with Crippen molar-refractivity contribution in [3.8, 4) is 0 Å². The lowest BCUT2D eigenvalue weighted by Gasteiger charge is -2.17. The Kier molecular flexibility index (Phi) is 2.45. The van der Waals surface area contributed by atoms with Gasteiger partial charge < -0.3 is 10.0 Å². The fourth-order valence-corrected chi connectivity index (χ4v) is 2.40. The lowest BCUT2D eigenvalue weighted by molar-refractivity contribution is 0.0839. The SMILES string of the molecule is CCc1nsc(N2CCC(C)(O)C2)n1. The highest BCUT2D eigenvalue weighted by molar-refractivity contribution is 7.09. The Balaban J connectivity index is 2.09. The fourth-order valence-electron chi connectivity index (χ4n) is 1.63. The van der Waals surface area contributed by atoms with Gasteiger partial charge >= 0.3 is 0 Å². The molecule has 0 saturated carbocycles. The largest absolute Gasteiger partial charge is 0.388 e. The van der Waals surface area contributed by atoms with Crippen LogP contribution in [0.15, 0.2) is 0 Å².